The van der Waals surface area contributed by atoms with E-state index in [4.69, 9.17) is 5.73 Å². The average molecular weight is 293 g/mol. The first-order valence-corrected chi connectivity index (χ1v) is 5.02. The molecule has 0 unspecified atom stereocenters. The van der Waals surface area contributed by atoms with Gasteiger partial charge < -0.3 is 15.9 Å². The summed E-state index contributed by atoms with van der Waals surface area (Å²) in [7, 11) is 0. The van der Waals surface area contributed by atoms with Gasteiger partial charge in [-0.1, -0.05) is 6.07 Å². The van der Waals surface area contributed by atoms with Crippen LogP contribution in [-0.4, -0.2) is 16.3 Å². The van der Waals surface area contributed by atoms with Gasteiger partial charge in [-0.3, -0.25) is 0 Å². The second-order valence-corrected chi connectivity index (χ2v) is 4.22. The molecule has 13 heavy (non-hydrogen) atoms. The van der Waals surface area contributed by atoms with Crippen molar-refractivity contribution in [2.75, 3.05) is 0 Å². The molecule has 0 aliphatic carbocycles. The number of phenols is 1. The summed E-state index contributed by atoms with van der Waals surface area (Å²) >= 11 is 2.10. The fraction of sp³-hybridized carbons (Fsp3) is 0.333. The highest BCUT2D eigenvalue weighted by Gasteiger charge is 2.15. The molecule has 0 aliphatic rings. The van der Waals surface area contributed by atoms with E-state index in [1.54, 1.807) is 19.1 Å². The summed E-state index contributed by atoms with van der Waals surface area (Å²) in [5.41, 5.74) is 6.26. The third-order valence-corrected chi connectivity index (χ3v) is 2.54. The molecule has 0 fully saturated rings. The zero-order valence-corrected chi connectivity index (χ0v) is 9.39. The van der Waals surface area contributed by atoms with Crippen molar-refractivity contribution in [1.82, 2.24) is 0 Å². The molecule has 0 bridgehead atoms. The molecule has 3 nitrogen and oxygen atoms in total. The van der Waals surface area contributed by atoms with Crippen molar-refractivity contribution in [2.24, 2.45) is 5.73 Å². The molecule has 0 saturated carbocycles. The number of hydrogen-bond acceptors (Lipinski definition) is 3. The molecule has 1 rings (SSSR count). The number of hydrogen-bond donors (Lipinski definition) is 3. The Balaban J connectivity index is 3.01. The van der Waals surface area contributed by atoms with Crippen LogP contribution in [0.25, 0.3) is 0 Å². The summed E-state index contributed by atoms with van der Waals surface area (Å²) in [5, 5.41) is 18.7. The Morgan fingerprint density at radius 1 is 1.46 bits per heavy atom. The van der Waals surface area contributed by atoms with E-state index in [-0.39, 0.29) is 5.75 Å². The summed E-state index contributed by atoms with van der Waals surface area (Å²) in [6.45, 7) is 1.60. The maximum absolute atomic E-state index is 9.51. The molecule has 0 aromatic heterocycles. The number of benzene rings is 1. The van der Waals surface area contributed by atoms with Crippen LogP contribution in [0, 0.1) is 3.57 Å². The Kier molecular flexibility index (Phi) is 3.52. The average Bonchev–Trinajstić information content (AvgIpc) is 2.03. The zero-order chi connectivity index (χ0) is 10.0. The highest BCUT2D eigenvalue weighted by atomic mass is 127. The molecule has 0 aliphatic heterocycles. The molecule has 1 aromatic rings. The van der Waals surface area contributed by atoms with Gasteiger partial charge in [0.2, 0.25) is 0 Å². The van der Waals surface area contributed by atoms with Crippen molar-refractivity contribution < 1.29 is 10.2 Å². The third kappa shape index (κ3) is 2.55. The molecule has 4 N–H and O–H groups in total. The van der Waals surface area contributed by atoms with Gasteiger partial charge in [-0.15, -0.1) is 0 Å². The minimum atomic E-state index is -0.661. The van der Waals surface area contributed by atoms with Crippen molar-refractivity contribution in [3.63, 3.8) is 0 Å². The molecule has 72 valence electrons. The first-order valence-electron chi connectivity index (χ1n) is 3.94. The second-order valence-electron chi connectivity index (χ2n) is 2.97. The van der Waals surface area contributed by atoms with E-state index >= 15 is 0 Å². The quantitative estimate of drug-likeness (QED) is 0.722. The Morgan fingerprint density at radius 2 is 2.08 bits per heavy atom. The normalized spacial score (nSPS) is 15.4. The molecule has 0 amide bonds. The number of aromatic hydroxyl groups is 1. The van der Waals surface area contributed by atoms with Crippen LogP contribution in [0.3, 0.4) is 0 Å². The van der Waals surface area contributed by atoms with Crippen LogP contribution in [0.2, 0.25) is 0 Å². The fourth-order valence-electron chi connectivity index (χ4n) is 1.06. The summed E-state index contributed by atoms with van der Waals surface area (Å²) < 4.78 is 0.941. The number of aliphatic hydroxyl groups excluding tert-OH is 1. The van der Waals surface area contributed by atoms with E-state index in [0.29, 0.717) is 5.56 Å². The Hall–Kier alpha value is -0.330. The van der Waals surface area contributed by atoms with Crippen LogP contribution >= 0.6 is 22.6 Å². The van der Waals surface area contributed by atoms with Crippen LogP contribution in [0.4, 0.5) is 0 Å². The molecule has 0 spiro atoms. The van der Waals surface area contributed by atoms with Gasteiger partial charge in [0.15, 0.2) is 0 Å². The second kappa shape index (κ2) is 4.26. The van der Waals surface area contributed by atoms with Gasteiger partial charge in [0.1, 0.15) is 5.75 Å². The third-order valence-electron chi connectivity index (χ3n) is 1.87. The highest BCUT2D eigenvalue weighted by molar-refractivity contribution is 14.1. The molecule has 0 heterocycles. The molecule has 0 radical (unpaired) electrons. The SMILES string of the molecule is C[C@H](O)[C@@H](N)c1ccc(I)cc1O. The predicted octanol–water partition coefficient (Wildman–Crippen LogP) is 1.38. The van der Waals surface area contributed by atoms with E-state index in [2.05, 4.69) is 22.6 Å². The van der Waals surface area contributed by atoms with Gasteiger partial charge in [-0.25, -0.2) is 0 Å². The lowest BCUT2D eigenvalue weighted by Crippen LogP contribution is -2.23. The van der Waals surface area contributed by atoms with Crippen molar-refractivity contribution >= 4 is 22.6 Å². The summed E-state index contributed by atoms with van der Waals surface area (Å²) in [6.07, 6.45) is -0.661. The lowest BCUT2D eigenvalue weighted by atomic mass is 10.0. The van der Waals surface area contributed by atoms with Gasteiger partial charge in [0, 0.05) is 9.13 Å². The first-order chi connectivity index (χ1) is 6.02. The van der Waals surface area contributed by atoms with E-state index in [1.165, 1.54) is 0 Å². The van der Waals surface area contributed by atoms with E-state index < -0.39 is 12.1 Å². The predicted molar refractivity (Wildman–Crippen MR) is 59.4 cm³/mol. The Labute approximate surface area is 90.7 Å². The van der Waals surface area contributed by atoms with Gasteiger partial charge in [0.05, 0.1) is 12.1 Å². The maximum Gasteiger partial charge on any atom is 0.121 e. The van der Waals surface area contributed by atoms with Crippen molar-refractivity contribution in [1.29, 1.82) is 0 Å². The molecular weight excluding hydrogens is 281 g/mol. The van der Waals surface area contributed by atoms with Crippen molar-refractivity contribution in [2.45, 2.75) is 19.1 Å². The van der Waals surface area contributed by atoms with Crippen molar-refractivity contribution in [3.05, 3.63) is 27.3 Å². The molecule has 0 saturated heterocycles. The Bertz CT molecular complexity index is 302. The lowest BCUT2D eigenvalue weighted by Gasteiger charge is -2.16. The number of phenolic OH excluding ortho intramolecular Hbond substituents is 1. The number of halogens is 1. The minimum absolute atomic E-state index is 0.139. The van der Waals surface area contributed by atoms with Crippen LogP contribution < -0.4 is 5.73 Å². The van der Waals surface area contributed by atoms with Gasteiger partial charge in [-0.05, 0) is 41.6 Å². The topological polar surface area (TPSA) is 66.5 Å². The van der Waals surface area contributed by atoms with E-state index in [1.807, 2.05) is 6.07 Å². The molecule has 2 atom stereocenters. The van der Waals surface area contributed by atoms with Crippen LogP contribution in [0.1, 0.15) is 18.5 Å². The zero-order valence-electron chi connectivity index (χ0n) is 7.24. The van der Waals surface area contributed by atoms with Gasteiger partial charge in [0.25, 0.3) is 0 Å². The van der Waals surface area contributed by atoms with Gasteiger partial charge >= 0.3 is 0 Å². The number of aliphatic hydroxyl groups is 1. The summed E-state index contributed by atoms with van der Waals surface area (Å²) in [6, 6.07) is 4.67. The number of rotatable bonds is 2. The standard InChI is InChI=1S/C9H12INO2/c1-5(12)9(11)7-3-2-6(10)4-8(7)13/h2-5,9,12-13H,11H2,1H3/t5-,9+/m0/s1. The smallest absolute Gasteiger partial charge is 0.121 e. The largest absolute Gasteiger partial charge is 0.508 e. The van der Waals surface area contributed by atoms with E-state index in [0.717, 1.165) is 3.57 Å². The first kappa shape index (κ1) is 10.7. The van der Waals surface area contributed by atoms with Gasteiger partial charge in [-0.2, -0.15) is 0 Å². The maximum atomic E-state index is 9.51. The molecule has 1 aromatic carbocycles. The summed E-state index contributed by atoms with van der Waals surface area (Å²) in [5.74, 6) is 0.139. The van der Waals surface area contributed by atoms with Crippen LogP contribution in [0.15, 0.2) is 18.2 Å². The van der Waals surface area contributed by atoms with Crippen molar-refractivity contribution in [3.8, 4) is 5.75 Å². The molecular formula is C9H12INO2. The van der Waals surface area contributed by atoms with Crippen LogP contribution in [-0.2, 0) is 0 Å². The van der Waals surface area contributed by atoms with E-state index in [9.17, 15) is 10.2 Å². The monoisotopic (exact) mass is 293 g/mol. The minimum Gasteiger partial charge on any atom is -0.508 e. The summed E-state index contributed by atoms with van der Waals surface area (Å²) in [4.78, 5) is 0. The van der Waals surface area contributed by atoms with Crippen LogP contribution in [0.5, 0.6) is 5.75 Å². The lowest BCUT2D eigenvalue weighted by molar-refractivity contribution is 0.163. The fourth-order valence-corrected chi connectivity index (χ4v) is 1.53. The number of nitrogens with two attached hydrogens (primary N) is 1. The highest BCUT2D eigenvalue weighted by Crippen LogP contribution is 2.26. The molecule has 4 heteroatoms. The Morgan fingerprint density at radius 3 is 2.54 bits per heavy atom.